The van der Waals surface area contributed by atoms with Crippen LogP contribution in [-0.2, 0) is 0 Å². The Morgan fingerprint density at radius 1 is 1.38 bits per heavy atom. The highest BCUT2D eigenvalue weighted by atomic mass is 16.5. The Kier molecular flexibility index (Phi) is 1.98. The normalized spacial score (nSPS) is 16.8. The molecule has 0 unspecified atom stereocenters. The van der Waals surface area contributed by atoms with Gasteiger partial charge in [-0.1, -0.05) is 12.1 Å². The Bertz CT molecular complexity index is 312. The summed E-state index contributed by atoms with van der Waals surface area (Å²) in [6.07, 6.45) is 0. The van der Waals surface area contributed by atoms with E-state index in [2.05, 4.69) is 18.7 Å². The Labute approximate surface area is 78.2 Å². The molecule has 0 amide bonds. The molecular formula is C10H13N2O. The van der Waals surface area contributed by atoms with Gasteiger partial charge in [0, 0.05) is 12.1 Å². The summed E-state index contributed by atoms with van der Waals surface area (Å²) in [6.45, 7) is 4.64. The third kappa shape index (κ3) is 1.30. The maximum absolute atomic E-state index is 11.5. The van der Waals surface area contributed by atoms with Crippen molar-refractivity contribution < 1.29 is 0 Å². The van der Waals surface area contributed by atoms with Crippen molar-refractivity contribution >= 4 is 11.4 Å². The molecule has 0 aliphatic carbocycles. The van der Waals surface area contributed by atoms with E-state index in [1.54, 1.807) is 0 Å². The van der Waals surface area contributed by atoms with Gasteiger partial charge in [0.15, 0.2) is 0 Å². The predicted molar refractivity (Wildman–Crippen MR) is 54.1 cm³/mol. The quantitative estimate of drug-likeness (QED) is 0.486. The second kappa shape index (κ2) is 3.01. The van der Waals surface area contributed by atoms with Gasteiger partial charge in [-0.15, -0.1) is 5.06 Å². The van der Waals surface area contributed by atoms with Gasteiger partial charge in [-0.05, 0) is 19.9 Å². The lowest BCUT2D eigenvalue weighted by molar-refractivity contribution is 0.624. The van der Waals surface area contributed by atoms with Gasteiger partial charge in [0.25, 0.3) is 0 Å². The summed E-state index contributed by atoms with van der Waals surface area (Å²) in [5, 5.41) is 12.5. The summed E-state index contributed by atoms with van der Waals surface area (Å²) < 4.78 is 0. The fraction of sp³-hybridized carbons (Fsp3) is 0.400. The minimum atomic E-state index is 0.375. The van der Waals surface area contributed by atoms with Crippen molar-refractivity contribution in [1.29, 1.82) is 0 Å². The Balaban J connectivity index is 2.41. The standard InChI is InChI=1S/C10H13N2O/c1-8(2)11-7-12(13)10-6-4-3-5-9(10)11/h3-6,8H,7H2,1-2H3. The van der Waals surface area contributed by atoms with Crippen molar-refractivity contribution in [2.75, 3.05) is 11.6 Å². The maximum atomic E-state index is 11.5. The molecule has 0 aromatic heterocycles. The lowest BCUT2D eigenvalue weighted by Crippen LogP contribution is -2.33. The second-order valence-electron chi connectivity index (χ2n) is 3.57. The molecule has 0 N–H and O–H groups in total. The Hall–Kier alpha value is -1.06. The molecule has 13 heavy (non-hydrogen) atoms. The molecule has 2 rings (SSSR count). The lowest BCUT2D eigenvalue weighted by Gasteiger charge is -2.19. The van der Waals surface area contributed by atoms with Crippen LogP contribution in [0.3, 0.4) is 0 Å². The highest BCUT2D eigenvalue weighted by molar-refractivity contribution is 5.71. The molecule has 0 spiro atoms. The van der Waals surface area contributed by atoms with E-state index in [0.717, 1.165) is 16.4 Å². The summed E-state index contributed by atoms with van der Waals surface area (Å²) >= 11 is 0. The highest BCUT2D eigenvalue weighted by Gasteiger charge is 2.30. The molecule has 1 heterocycles. The van der Waals surface area contributed by atoms with Crippen LogP contribution in [0.1, 0.15) is 13.8 Å². The minimum absolute atomic E-state index is 0.375. The van der Waals surface area contributed by atoms with Gasteiger partial charge in [-0.3, -0.25) is 0 Å². The summed E-state index contributed by atoms with van der Waals surface area (Å²) in [5.74, 6) is 0. The molecule has 1 aliphatic heterocycles. The Morgan fingerprint density at radius 3 is 2.77 bits per heavy atom. The van der Waals surface area contributed by atoms with Crippen molar-refractivity contribution in [2.24, 2.45) is 0 Å². The van der Waals surface area contributed by atoms with Gasteiger partial charge < -0.3 is 10.1 Å². The van der Waals surface area contributed by atoms with E-state index in [1.807, 2.05) is 24.3 Å². The van der Waals surface area contributed by atoms with Gasteiger partial charge in [-0.2, -0.15) is 0 Å². The summed E-state index contributed by atoms with van der Waals surface area (Å²) in [4.78, 5) is 2.10. The van der Waals surface area contributed by atoms with Crippen LogP contribution < -0.4 is 9.96 Å². The third-order valence-corrected chi connectivity index (χ3v) is 2.36. The molecule has 0 saturated heterocycles. The second-order valence-corrected chi connectivity index (χ2v) is 3.57. The van der Waals surface area contributed by atoms with Crippen LogP contribution in [0, 0.1) is 5.21 Å². The van der Waals surface area contributed by atoms with Crippen LogP contribution in [0.5, 0.6) is 0 Å². The molecule has 69 valence electrons. The van der Waals surface area contributed by atoms with Crippen molar-refractivity contribution in [1.82, 2.24) is 5.06 Å². The maximum Gasteiger partial charge on any atom is 0.207 e. The van der Waals surface area contributed by atoms with E-state index in [9.17, 15) is 5.21 Å². The summed E-state index contributed by atoms with van der Waals surface area (Å²) in [7, 11) is 0. The first-order chi connectivity index (χ1) is 6.20. The number of hydroxylamine groups is 1. The fourth-order valence-corrected chi connectivity index (χ4v) is 1.65. The predicted octanol–water partition coefficient (Wildman–Crippen LogP) is 2.14. The van der Waals surface area contributed by atoms with E-state index in [-0.39, 0.29) is 0 Å². The monoisotopic (exact) mass is 177 g/mol. The van der Waals surface area contributed by atoms with Crippen LogP contribution in [0.15, 0.2) is 24.3 Å². The number of hydrogen-bond acceptors (Lipinski definition) is 3. The molecule has 0 atom stereocenters. The zero-order valence-corrected chi connectivity index (χ0v) is 7.90. The van der Waals surface area contributed by atoms with Crippen LogP contribution in [0.4, 0.5) is 11.4 Å². The first kappa shape index (κ1) is 8.53. The number of rotatable bonds is 1. The van der Waals surface area contributed by atoms with Crippen LogP contribution in [0.25, 0.3) is 0 Å². The van der Waals surface area contributed by atoms with E-state index in [0.29, 0.717) is 12.7 Å². The van der Waals surface area contributed by atoms with Crippen LogP contribution in [-0.4, -0.2) is 12.7 Å². The molecule has 3 heteroatoms. The fourth-order valence-electron chi connectivity index (χ4n) is 1.65. The minimum Gasteiger partial charge on any atom is -0.575 e. The number of hydrogen-bond donors (Lipinski definition) is 0. The van der Waals surface area contributed by atoms with Gasteiger partial charge >= 0.3 is 0 Å². The average molecular weight is 177 g/mol. The van der Waals surface area contributed by atoms with E-state index in [4.69, 9.17) is 0 Å². The van der Waals surface area contributed by atoms with E-state index in [1.165, 1.54) is 0 Å². The van der Waals surface area contributed by atoms with E-state index < -0.39 is 0 Å². The zero-order valence-electron chi connectivity index (χ0n) is 7.90. The van der Waals surface area contributed by atoms with Crippen LogP contribution in [0.2, 0.25) is 0 Å². The molecule has 3 nitrogen and oxygen atoms in total. The van der Waals surface area contributed by atoms with Crippen molar-refractivity contribution in [2.45, 2.75) is 19.9 Å². The molecule has 0 bridgehead atoms. The largest absolute Gasteiger partial charge is 0.575 e. The van der Waals surface area contributed by atoms with Crippen LogP contribution >= 0.6 is 0 Å². The molecule has 1 radical (unpaired) electrons. The van der Waals surface area contributed by atoms with Gasteiger partial charge in [-0.25, -0.2) is 0 Å². The highest BCUT2D eigenvalue weighted by Crippen LogP contribution is 2.35. The van der Waals surface area contributed by atoms with Crippen molar-refractivity contribution in [3.05, 3.63) is 29.5 Å². The molecule has 0 fully saturated rings. The number of anilines is 2. The van der Waals surface area contributed by atoms with E-state index >= 15 is 0 Å². The molecule has 1 aromatic rings. The SMILES string of the molecule is CC(C)N1C[N+]([O-])c2ccccc21. The summed E-state index contributed by atoms with van der Waals surface area (Å²) in [6, 6.07) is 8.10. The first-order valence-corrected chi connectivity index (χ1v) is 4.50. The summed E-state index contributed by atoms with van der Waals surface area (Å²) in [5.41, 5.74) is 1.84. The molecule has 1 aromatic carbocycles. The molecule has 0 saturated carbocycles. The molecule has 1 aliphatic rings. The zero-order chi connectivity index (χ0) is 9.42. The number of benzene rings is 1. The Morgan fingerprint density at radius 2 is 2.08 bits per heavy atom. The smallest absolute Gasteiger partial charge is 0.207 e. The van der Waals surface area contributed by atoms with Crippen molar-refractivity contribution in [3.63, 3.8) is 0 Å². The van der Waals surface area contributed by atoms with Gasteiger partial charge in [0.05, 0.1) is 0 Å². The third-order valence-electron chi connectivity index (χ3n) is 2.36. The lowest BCUT2D eigenvalue weighted by atomic mass is 10.2. The number of para-hydroxylation sites is 2. The van der Waals surface area contributed by atoms with Gasteiger partial charge in [0.2, 0.25) is 12.4 Å². The van der Waals surface area contributed by atoms with Crippen molar-refractivity contribution in [3.8, 4) is 0 Å². The topological polar surface area (TPSA) is 32.2 Å². The average Bonchev–Trinajstić information content (AvgIpc) is 2.45. The first-order valence-electron chi connectivity index (χ1n) is 4.50. The number of nitrogens with zero attached hydrogens (tertiary/aromatic N) is 2. The molecular weight excluding hydrogens is 164 g/mol. The van der Waals surface area contributed by atoms with Gasteiger partial charge in [0.1, 0.15) is 5.69 Å². The number of fused-ring (bicyclic) bond motifs is 1.